The van der Waals surface area contributed by atoms with Crippen molar-refractivity contribution in [3.8, 4) is 5.75 Å². The highest BCUT2D eigenvalue weighted by Gasteiger charge is 2.42. The molecule has 0 radical (unpaired) electrons. The smallest absolute Gasteiger partial charge is 0.251 e. The van der Waals surface area contributed by atoms with Crippen LogP contribution in [0.3, 0.4) is 0 Å². The van der Waals surface area contributed by atoms with Gasteiger partial charge in [-0.15, -0.1) is 0 Å². The summed E-state index contributed by atoms with van der Waals surface area (Å²) in [6, 6.07) is 8.68. The molecule has 0 aromatic heterocycles. The average Bonchev–Trinajstić information content (AvgIpc) is 3.13. The van der Waals surface area contributed by atoms with E-state index in [0.717, 1.165) is 64.0 Å². The minimum Gasteiger partial charge on any atom is -0.486 e. The summed E-state index contributed by atoms with van der Waals surface area (Å²) in [5.74, 6) is 1.19. The number of nitrogens with zero attached hydrogens (tertiary/aromatic N) is 2. The van der Waals surface area contributed by atoms with Gasteiger partial charge in [0, 0.05) is 38.3 Å². The van der Waals surface area contributed by atoms with E-state index in [1.54, 1.807) is 0 Å². The number of hydrogen-bond donors (Lipinski definition) is 0. The molecule has 4 rings (SSSR count). The van der Waals surface area contributed by atoms with Gasteiger partial charge in [0.05, 0.1) is 0 Å². The molecule has 2 fully saturated rings. The van der Waals surface area contributed by atoms with E-state index in [1.807, 2.05) is 11.9 Å². The van der Waals surface area contributed by atoms with Crippen LogP contribution < -0.4 is 4.74 Å². The van der Waals surface area contributed by atoms with Crippen LogP contribution in [-0.2, 0) is 16.1 Å². The lowest BCUT2D eigenvalue weighted by atomic mass is 9.81. The summed E-state index contributed by atoms with van der Waals surface area (Å²) >= 11 is 0. The van der Waals surface area contributed by atoms with Crippen LogP contribution >= 0.6 is 0 Å². The van der Waals surface area contributed by atoms with Crippen LogP contribution in [0.15, 0.2) is 24.3 Å². The standard InChI is InChI=1S/C21H30N2O3/c1-22-14-16-6-3-4-7-18(16)26-21(15-22)11-9-17(10-12-21)23(2)20(24)19-8-5-13-25-19/h3-4,6-7,17,19H,5,8-15H2,1-2H3. The second kappa shape index (κ2) is 7.20. The Balaban J connectivity index is 1.43. The van der Waals surface area contributed by atoms with Crippen molar-refractivity contribution in [2.24, 2.45) is 0 Å². The van der Waals surface area contributed by atoms with Crippen LogP contribution in [-0.4, -0.2) is 60.7 Å². The van der Waals surface area contributed by atoms with Crippen molar-refractivity contribution < 1.29 is 14.3 Å². The zero-order chi connectivity index (χ0) is 18.1. The van der Waals surface area contributed by atoms with E-state index >= 15 is 0 Å². The monoisotopic (exact) mass is 358 g/mol. The van der Waals surface area contributed by atoms with Crippen LogP contribution in [0.1, 0.15) is 44.1 Å². The Morgan fingerprint density at radius 2 is 2.00 bits per heavy atom. The molecule has 0 N–H and O–H groups in total. The van der Waals surface area contributed by atoms with E-state index in [4.69, 9.17) is 9.47 Å². The van der Waals surface area contributed by atoms with Crippen LogP contribution in [0, 0.1) is 0 Å². The van der Waals surface area contributed by atoms with Crippen molar-refractivity contribution in [3.63, 3.8) is 0 Å². The number of carbonyl (C=O) groups excluding carboxylic acids is 1. The first-order chi connectivity index (χ1) is 12.6. The van der Waals surface area contributed by atoms with Gasteiger partial charge in [0.25, 0.3) is 5.91 Å². The topological polar surface area (TPSA) is 42.0 Å². The fourth-order valence-corrected chi connectivity index (χ4v) is 4.79. The molecule has 0 bridgehead atoms. The normalized spacial score (nSPS) is 31.9. The highest BCUT2D eigenvalue weighted by atomic mass is 16.5. The number of amides is 1. The van der Waals surface area contributed by atoms with Gasteiger partial charge in [-0.25, -0.2) is 0 Å². The predicted octanol–water partition coefficient (Wildman–Crippen LogP) is 2.83. The van der Waals surface area contributed by atoms with Crippen LogP contribution in [0.2, 0.25) is 0 Å². The maximum Gasteiger partial charge on any atom is 0.251 e. The van der Waals surface area contributed by atoms with Gasteiger partial charge >= 0.3 is 0 Å². The predicted molar refractivity (Wildman–Crippen MR) is 100 cm³/mol. The third-order valence-corrected chi connectivity index (χ3v) is 6.26. The molecule has 1 aliphatic carbocycles. The summed E-state index contributed by atoms with van der Waals surface area (Å²) in [5, 5.41) is 0. The van der Waals surface area contributed by atoms with Crippen molar-refractivity contribution >= 4 is 5.91 Å². The second-order valence-corrected chi connectivity index (χ2v) is 8.25. The van der Waals surface area contributed by atoms with E-state index in [-0.39, 0.29) is 17.6 Å². The Hall–Kier alpha value is -1.59. The van der Waals surface area contributed by atoms with Gasteiger partial charge < -0.3 is 14.4 Å². The molecule has 1 atom stereocenters. The highest BCUT2D eigenvalue weighted by Crippen LogP contribution is 2.39. The molecule has 1 aromatic rings. The molecular weight excluding hydrogens is 328 g/mol. The lowest BCUT2D eigenvalue weighted by molar-refractivity contribution is -0.143. The van der Waals surface area contributed by atoms with E-state index < -0.39 is 0 Å². The number of hydrogen-bond acceptors (Lipinski definition) is 4. The van der Waals surface area contributed by atoms with Gasteiger partial charge in [0.1, 0.15) is 17.5 Å². The molecule has 1 saturated heterocycles. The number of carbonyl (C=O) groups is 1. The van der Waals surface area contributed by atoms with Crippen LogP contribution in [0.4, 0.5) is 0 Å². The van der Waals surface area contributed by atoms with Gasteiger partial charge in [0.2, 0.25) is 0 Å². The fourth-order valence-electron chi connectivity index (χ4n) is 4.79. The van der Waals surface area contributed by atoms with Gasteiger partial charge in [-0.3, -0.25) is 9.69 Å². The molecule has 1 unspecified atom stereocenters. The lowest BCUT2D eigenvalue weighted by Crippen LogP contribution is -2.52. The Bertz CT molecular complexity index is 648. The molecule has 1 amide bonds. The van der Waals surface area contributed by atoms with Gasteiger partial charge in [0.15, 0.2) is 0 Å². The van der Waals surface area contributed by atoms with Crippen molar-refractivity contribution in [1.29, 1.82) is 0 Å². The highest BCUT2D eigenvalue weighted by molar-refractivity contribution is 5.81. The number of likely N-dealkylation sites (N-methyl/N-ethyl adjacent to an activating group) is 2. The Kier molecular flexibility index (Phi) is 4.93. The molecule has 26 heavy (non-hydrogen) atoms. The number of ether oxygens (including phenoxy) is 2. The van der Waals surface area contributed by atoms with Crippen LogP contribution in [0.25, 0.3) is 0 Å². The first-order valence-electron chi connectivity index (χ1n) is 9.90. The Morgan fingerprint density at radius 1 is 1.23 bits per heavy atom. The molecule has 142 valence electrons. The minimum atomic E-state index is -0.219. The maximum atomic E-state index is 12.6. The third kappa shape index (κ3) is 3.47. The van der Waals surface area contributed by atoms with E-state index in [2.05, 4.69) is 36.2 Å². The molecule has 1 aromatic carbocycles. The van der Waals surface area contributed by atoms with Gasteiger partial charge in [-0.1, -0.05) is 18.2 Å². The quantitative estimate of drug-likeness (QED) is 0.815. The number of para-hydroxylation sites is 1. The van der Waals surface area contributed by atoms with E-state index in [9.17, 15) is 4.79 Å². The second-order valence-electron chi connectivity index (χ2n) is 8.25. The molecule has 2 heterocycles. The molecular formula is C21H30N2O3. The lowest BCUT2D eigenvalue weighted by Gasteiger charge is -2.43. The van der Waals surface area contributed by atoms with Crippen molar-refractivity contribution in [1.82, 2.24) is 9.80 Å². The average molecular weight is 358 g/mol. The third-order valence-electron chi connectivity index (χ3n) is 6.26. The summed E-state index contributed by atoms with van der Waals surface area (Å²) in [5.41, 5.74) is 1.13. The first-order valence-corrected chi connectivity index (χ1v) is 9.90. The van der Waals surface area contributed by atoms with Gasteiger partial charge in [-0.2, -0.15) is 0 Å². The summed E-state index contributed by atoms with van der Waals surface area (Å²) in [7, 11) is 4.12. The molecule has 1 saturated carbocycles. The number of fused-ring (bicyclic) bond motifs is 1. The maximum absolute atomic E-state index is 12.6. The summed E-state index contributed by atoms with van der Waals surface area (Å²) in [6.45, 7) is 2.59. The molecule has 5 nitrogen and oxygen atoms in total. The number of rotatable bonds is 2. The number of benzene rings is 1. The van der Waals surface area contributed by atoms with Crippen LogP contribution in [0.5, 0.6) is 5.75 Å². The zero-order valence-electron chi connectivity index (χ0n) is 15.9. The fraction of sp³-hybridized carbons (Fsp3) is 0.667. The molecule has 2 aliphatic heterocycles. The largest absolute Gasteiger partial charge is 0.486 e. The van der Waals surface area contributed by atoms with Crippen molar-refractivity contribution in [2.45, 2.75) is 62.8 Å². The molecule has 5 heteroatoms. The van der Waals surface area contributed by atoms with E-state index in [1.165, 1.54) is 5.56 Å². The Labute approximate surface area is 156 Å². The van der Waals surface area contributed by atoms with E-state index in [0.29, 0.717) is 6.04 Å². The summed E-state index contributed by atoms with van der Waals surface area (Å²) in [6.07, 6.45) is 5.60. The molecule has 3 aliphatic rings. The van der Waals surface area contributed by atoms with Crippen molar-refractivity contribution in [2.75, 3.05) is 27.2 Å². The summed E-state index contributed by atoms with van der Waals surface area (Å²) < 4.78 is 12.2. The first kappa shape index (κ1) is 17.8. The Morgan fingerprint density at radius 3 is 2.73 bits per heavy atom. The van der Waals surface area contributed by atoms with Gasteiger partial charge in [-0.05, 0) is 51.6 Å². The zero-order valence-corrected chi connectivity index (χ0v) is 15.9. The minimum absolute atomic E-state index is 0.133. The van der Waals surface area contributed by atoms with Crippen molar-refractivity contribution in [3.05, 3.63) is 29.8 Å². The summed E-state index contributed by atoms with van der Waals surface area (Å²) in [4.78, 5) is 17.0. The SMILES string of the molecule is CN1Cc2ccccc2OC2(CCC(N(C)C(=O)C3CCCO3)CC2)C1. The molecule has 1 spiro atoms.